The molecule has 0 N–H and O–H groups in total. The van der Waals surface area contributed by atoms with Crippen molar-refractivity contribution in [2.45, 2.75) is 32.1 Å². The van der Waals surface area contributed by atoms with Crippen molar-refractivity contribution in [2.24, 2.45) is 0 Å². The Morgan fingerprint density at radius 2 is 1.08 bits per heavy atom. The summed E-state index contributed by atoms with van der Waals surface area (Å²) >= 11 is 1.90. The number of rotatable bonds is 3. The SMILES string of the molecule is Cc1cccc2c(-c3c4ccccc4c(-c4ccc5sc6cc7ccccc7cc6c5c4)c4ccccc34)cc3cccc(C4CCC4)c3c12. The average molecular weight is 655 g/mol. The van der Waals surface area contributed by atoms with Gasteiger partial charge >= 0.3 is 0 Å². The van der Waals surface area contributed by atoms with Gasteiger partial charge in [-0.15, -0.1) is 11.3 Å². The molecular weight excluding hydrogens is 621 g/mol. The Bertz CT molecular complexity index is 2970. The molecule has 1 aliphatic carbocycles. The molecule has 10 aromatic rings. The van der Waals surface area contributed by atoms with E-state index in [9.17, 15) is 0 Å². The lowest BCUT2D eigenvalue weighted by atomic mass is 9.76. The highest BCUT2D eigenvalue weighted by Gasteiger charge is 2.25. The highest BCUT2D eigenvalue weighted by molar-refractivity contribution is 7.25. The lowest BCUT2D eigenvalue weighted by molar-refractivity contribution is 0.422. The standard InChI is InChI=1S/C49H34S/c1-29-11-8-22-40-43(27-33-16-10-21-35(30-14-9-15-30)48(33)46(29)40)49-38-19-6-4-17-36(38)47(37-18-5-7-20-39(37)49)34-23-24-44-41(26-34)42-25-31-12-2-3-13-32(31)28-45(42)50-44/h2-8,10-13,16-28,30H,9,14-15H2,1H3. The summed E-state index contributed by atoms with van der Waals surface area (Å²) in [6.07, 6.45) is 3.94. The molecule has 0 bridgehead atoms. The van der Waals surface area contributed by atoms with Crippen molar-refractivity contribution in [3.8, 4) is 22.3 Å². The van der Waals surface area contributed by atoms with Gasteiger partial charge in [0.15, 0.2) is 0 Å². The molecule has 0 saturated heterocycles. The van der Waals surface area contributed by atoms with E-state index in [2.05, 4.69) is 153 Å². The summed E-state index contributed by atoms with van der Waals surface area (Å²) in [6, 6.07) is 55.3. The van der Waals surface area contributed by atoms with Crippen LogP contribution in [0.2, 0.25) is 0 Å². The van der Waals surface area contributed by atoms with E-state index in [1.54, 1.807) is 0 Å². The minimum absolute atomic E-state index is 0.671. The van der Waals surface area contributed by atoms with E-state index in [4.69, 9.17) is 0 Å². The van der Waals surface area contributed by atoms with Crippen LogP contribution < -0.4 is 0 Å². The van der Waals surface area contributed by atoms with Crippen LogP contribution in [-0.2, 0) is 0 Å². The van der Waals surface area contributed by atoms with Crippen LogP contribution in [0, 0.1) is 6.92 Å². The third-order valence-electron chi connectivity index (χ3n) is 11.6. The van der Waals surface area contributed by atoms with E-state index >= 15 is 0 Å². The Labute approximate surface area is 295 Å². The number of fused-ring (bicyclic) bond motifs is 9. The van der Waals surface area contributed by atoms with Gasteiger partial charge in [-0.2, -0.15) is 0 Å². The largest absolute Gasteiger partial charge is 0.135 e. The van der Waals surface area contributed by atoms with Crippen LogP contribution in [-0.4, -0.2) is 0 Å². The molecule has 1 heteroatoms. The highest BCUT2D eigenvalue weighted by atomic mass is 32.1. The minimum atomic E-state index is 0.671. The van der Waals surface area contributed by atoms with Crippen molar-refractivity contribution >= 4 is 85.4 Å². The van der Waals surface area contributed by atoms with Crippen molar-refractivity contribution in [3.63, 3.8) is 0 Å². The first-order chi connectivity index (χ1) is 24.7. The van der Waals surface area contributed by atoms with Gasteiger partial charge in [0.1, 0.15) is 0 Å². The van der Waals surface area contributed by atoms with Gasteiger partial charge in [-0.3, -0.25) is 0 Å². The summed E-state index contributed by atoms with van der Waals surface area (Å²) in [7, 11) is 0. The first-order valence-corrected chi connectivity index (χ1v) is 18.8. The first-order valence-electron chi connectivity index (χ1n) is 18.0. The van der Waals surface area contributed by atoms with E-state index in [-0.39, 0.29) is 0 Å². The molecule has 1 heterocycles. The fourth-order valence-corrected chi connectivity index (χ4v) is 10.2. The molecule has 0 nitrogen and oxygen atoms in total. The topological polar surface area (TPSA) is 0 Å². The molecule has 0 aliphatic heterocycles. The van der Waals surface area contributed by atoms with E-state index in [1.165, 1.54) is 127 Å². The second-order valence-corrected chi connectivity index (χ2v) is 15.4. The second-order valence-electron chi connectivity index (χ2n) is 14.3. The van der Waals surface area contributed by atoms with Crippen LogP contribution in [0.1, 0.15) is 36.3 Å². The number of benzene rings is 9. The molecular formula is C49H34S. The lowest BCUT2D eigenvalue weighted by Gasteiger charge is -2.28. The van der Waals surface area contributed by atoms with Gasteiger partial charge in [-0.25, -0.2) is 0 Å². The van der Waals surface area contributed by atoms with Crippen LogP contribution in [0.5, 0.6) is 0 Å². The smallest absolute Gasteiger partial charge is 0.0361 e. The van der Waals surface area contributed by atoms with Crippen molar-refractivity contribution in [3.05, 3.63) is 157 Å². The normalized spacial score (nSPS) is 13.8. The maximum Gasteiger partial charge on any atom is 0.0361 e. The van der Waals surface area contributed by atoms with Crippen molar-refractivity contribution < 1.29 is 0 Å². The Morgan fingerprint density at radius 1 is 0.460 bits per heavy atom. The van der Waals surface area contributed by atoms with Crippen molar-refractivity contribution in [1.29, 1.82) is 0 Å². The molecule has 1 aromatic heterocycles. The maximum absolute atomic E-state index is 2.50. The van der Waals surface area contributed by atoms with Crippen LogP contribution >= 0.6 is 11.3 Å². The van der Waals surface area contributed by atoms with Gasteiger partial charge in [-0.1, -0.05) is 122 Å². The van der Waals surface area contributed by atoms with Crippen molar-refractivity contribution in [1.82, 2.24) is 0 Å². The molecule has 0 amide bonds. The third kappa shape index (κ3) is 4.05. The summed E-state index contributed by atoms with van der Waals surface area (Å²) in [5.74, 6) is 0.671. The fourth-order valence-electron chi connectivity index (χ4n) is 9.07. The van der Waals surface area contributed by atoms with E-state index < -0.39 is 0 Å². The Morgan fingerprint density at radius 3 is 1.80 bits per heavy atom. The minimum Gasteiger partial charge on any atom is -0.135 e. The third-order valence-corrected chi connectivity index (χ3v) is 12.7. The van der Waals surface area contributed by atoms with Crippen LogP contribution in [0.4, 0.5) is 0 Å². The number of aryl methyl sites for hydroxylation is 1. The summed E-state index contributed by atoms with van der Waals surface area (Å²) in [5.41, 5.74) is 8.14. The number of hydrogen-bond acceptors (Lipinski definition) is 1. The molecule has 9 aromatic carbocycles. The van der Waals surface area contributed by atoms with Gasteiger partial charge in [0.05, 0.1) is 0 Å². The zero-order valence-corrected chi connectivity index (χ0v) is 28.8. The Kier molecular flexibility index (Phi) is 6.09. The first kappa shape index (κ1) is 28.3. The van der Waals surface area contributed by atoms with E-state index in [1.807, 2.05) is 11.3 Å². The number of hydrogen-bond donors (Lipinski definition) is 0. The zero-order valence-electron chi connectivity index (χ0n) is 28.0. The second kappa shape index (κ2) is 10.7. The predicted octanol–water partition coefficient (Wildman–Crippen LogP) is 14.7. The summed E-state index contributed by atoms with van der Waals surface area (Å²) in [6.45, 7) is 2.30. The maximum atomic E-state index is 2.50. The van der Waals surface area contributed by atoms with Crippen LogP contribution in [0.25, 0.3) is 96.3 Å². The summed E-state index contributed by atoms with van der Waals surface area (Å²) in [4.78, 5) is 0. The molecule has 0 radical (unpaired) electrons. The van der Waals surface area contributed by atoms with Gasteiger partial charge in [0.2, 0.25) is 0 Å². The summed E-state index contributed by atoms with van der Waals surface area (Å²) < 4.78 is 2.68. The fraction of sp³-hybridized carbons (Fsp3) is 0.102. The molecule has 50 heavy (non-hydrogen) atoms. The molecule has 0 unspecified atom stereocenters. The quantitative estimate of drug-likeness (QED) is 0.131. The molecule has 1 fully saturated rings. The van der Waals surface area contributed by atoms with E-state index in [0.29, 0.717) is 5.92 Å². The molecule has 1 saturated carbocycles. The molecule has 1 aliphatic rings. The van der Waals surface area contributed by atoms with Crippen LogP contribution in [0.3, 0.4) is 0 Å². The van der Waals surface area contributed by atoms with Gasteiger partial charge in [0.25, 0.3) is 0 Å². The Balaban J connectivity index is 1.23. The number of thiophene rings is 1. The monoisotopic (exact) mass is 654 g/mol. The van der Waals surface area contributed by atoms with Gasteiger partial charge in [0, 0.05) is 20.2 Å². The van der Waals surface area contributed by atoms with Gasteiger partial charge < -0.3 is 0 Å². The average Bonchev–Trinajstić information content (AvgIpc) is 3.48. The van der Waals surface area contributed by atoms with Crippen LogP contribution in [0.15, 0.2) is 146 Å². The van der Waals surface area contributed by atoms with Gasteiger partial charge in [-0.05, 0) is 143 Å². The van der Waals surface area contributed by atoms with E-state index in [0.717, 1.165) is 0 Å². The zero-order chi connectivity index (χ0) is 32.9. The molecule has 11 rings (SSSR count). The molecule has 0 atom stereocenters. The predicted molar refractivity (Wildman–Crippen MR) is 219 cm³/mol. The van der Waals surface area contributed by atoms with Crippen molar-refractivity contribution in [2.75, 3.05) is 0 Å². The Hall–Kier alpha value is -5.50. The highest BCUT2D eigenvalue weighted by Crippen LogP contribution is 2.49. The molecule has 236 valence electrons. The lowest BCUT2D eigenvalue weighted by Crippen LogP contribution is -2.09. The molecule has 0 spiro atoms. The summed E-state index contributed by atoms with van der Waals surface area (Å²) in [5, 5.41) is 16.1.